The van der Waals surface area contributed by atoms with E-state index in [2.05, 4.69) is 16.8 Å². The van der Waals surface area contributed by atoms with Gasteiger partial charge >= 0.3 is 0 Å². The van der Waals surface area contributed by atoms with Gasteiger partial charge in [0.05, 0.1) is 19.2 Å². The van der Waals surface area contributed by atoms with Crippen LogP contribution in [0, 0.1) is 23.7 Å². The molecule has 37 heavy (non-hydrogen) atoms. The summed E-state index contributed by atoms with van der Waals surface area (Å²) in [6.07, 6.45) is 5.74. The number of rotatable bonds is 5. The number of carbonyl (C=O) groups is 2. The van der Waals surface area contributed by atoms with E-state index in [0.717, 1.165) is 12.8 Å². The van der Waals surface area contributed by atoms with Crippen LogP contribution in [0.4, 0.5) is 0 Å². The van der Waals surface area contributed by atoms with Gasteiger partial charge in [0.1, 0.15) is 17.3 Å². The van der Waals surface area contributed by atoms with Gasteiger partial charge in [-0.05, 0) is 51.5 Å². The summed E-state index contributed by atoms with van der Waals surface area (Å²) in [6.45, 7) is 5.50. The van der Waals surface area contributed by atoms with Crippen LogP contribution in [0.1, 0.15) is 68.3 Å². The maximum Gasteiger partial charge on any atom is 0.259 e. The van der Waals surface area contributed by atoms with Crippen molar-refractivity contribution in [2.75, 3.05) is 40.0 Å². The van der Waals surface area contributed by atoms with Gasteiger partial charge in [-0.2, -0.15) is 0 Å². The number of aliphatic hydroxyl groups is 2. The van der Waals surface area contributed by atoms with Crippen molar-refractivity contribution in [3.63, 3.8) is 0 Å². The van der Waals surface area contributed by atoms with E-state index in [1.165, 1.54) is 0 Å². The monoisotopic (exact) mass is 513 g/mol. The largest absolute Gasteiger partial charge is 0.472 e. The summed E-state index contributed by atoms with van der Waals surface area (Å²) in [5, 5.41) is 20.5. The Labute approximate surface area is 219 Å². The molecule has 1 saturated heterocycles. The van der Waals surface area contributed by atoms with Crippen molar-refractivity contribution in [3.8, 4) is 17.7 Å². The number of hydrogen-bond acceptors (Lipinski definition) is 7. The van der Waals surface area contributed by atoms with Crippen LogP contribution in [0.5, 0.6) is 5.88 Å². The molecule has 3 aliphatic rings. The molecule has 0 unspecified atom stereocenters. The molecule has 9 nitrogen and oxygen atoms in total. The third kappa shape index (κ3) is 6.43. The van der Waals surface area contributed by atoms with Gasteiger partial charge in [0.2, 0.25) is 11.8 Å². The fourth-order valence-electron chi connectivity index (χ4n) is 5.28. The van der Waals surface area contributed by atoms with E-state index in [9.17, 15) is 19.8 Å². The molecule has 2 aliphatic heterocycles. The first kappa shape index (κ1) is 27.4. The van der Waals surface area contributed by atoms with Gasteiger partial charge < -0.3 is 29.5 Å². The van der Waals surface area contributed by atoms with Crippen molar-refractivity contribution in [3.05, 3.63) is 23.4 Å². The molecule has 3 heterocycles. The average Bonchev–Trinajstić information content (AvgIpc) is 3.35. The van der Waals surface area contributed by atoms with E-state index in [1.807, 2.05) is 6.92 Å². The minimum absolute atomic E-state index is 0.0590. The zero-order valence-electron chi connectivity index (χ0n) is 22.1. The first-order chi connectivity index (χ1) is 17.7. The fraction of sp³-hybridized carbons (Fsp3) is 0.679. The second-order valence-corrected chi connectivity index (χ2v) is 10.8. The predicted molar refractivity (Wildman–Crippen MR) is 137 cm³/mol. The Bertz CT molecular complexity index is 1040. The summed E-state index contributed by atoms with van der Waals surface area (Å²) >= 11 is 0. The summed E-state index contributed by atoms with van der Waals surface area (Å²) in [5.74, 6) is 5.75. The third-order valence-corrected chi connectivity index (χ3v) is 7.79. The van der Waals surface area contributed by atoms with Gasteiger partial charge in [0.15, 0.2) is 0 Å². The summed E-state index contributed by atoms with van der Waals surface area (Å²) in [4.78, 5) is 34.4. The zero-order valence-corrected chi connectivity index (χ0v) is 22.1. The van der Waals surface area contributed by atoms with Crippen LogP contribution in [0.25, 0.3) is 0 Å². The molecule has 1 aromatic rings. The molecule has 4 rings (SSSR count). The number of ether oxygens (including phenoxy) is 2. The van der Waals surface area contributed by atoms with Gasteiger partial charge in [0.25, 0.3) is 5.91 Å². The highest BCUT2D eigenvalue weighted by Gasteiger charge is 2.36. The van der Waals surface area contributed by atoms with Crippen LogP contribution in [0.2, 0.25) is 0 Å². The van der Waals surface area contributed by atoms with Crippen molar-refractivity contribution in [2.45, 2.75) is 70.1 Å². The van der Waals surface area contributed by atoms with Gasteiger partial charge in [-0.25, -0.2) is 4.98 Å². The topological polar surface area (TPSA) is 112 Å². The Kier molecular flexibility index (Phi) is 8.73. The lowest BCUT2D eigenvalue weighted by Gasteiger charge is -2.38. The van der Waals surface area contributed by atoms with Crippen LogP contribution < -0.4 is 4.74 Å². The molecular weight excluding hydrogens is 474 g/mol. The zero-order chi connectivity index (χ0) is 26.6. The summed E-state index contributed by atoms with van der Waals surface area (Å²) in [6, 6.07) is 1.24. The van der Waals surface area contributed by atoms with Crippen LogP contribution in [0.15, 0.2) is 12.3 Å². The molecule has 2 N–H and O–H groups in total. The lowest BCUT2D eigenvalue weighted by atomic mass is 9.97. The SMILES string of the molecule is C[C@H]1CN([C@@H](C)CO)C(=O)c2cc(C#CC3(O)CCCC3)cnc2O[C@@H]1CN(C)C(=O)C1CCOCC1. The highest BCUT2D eigenvalue weighted by Crippen LogP contribution is 2.30. The first-order valence-corrected chi connectivity index (χ1v) is 13.4. The van der Waals surface area contributed by atoms with E-state index in [-0.39, 0.29) is 41.7 Å². The van der Waals surface area contributed by atoms with Gasteiger partial charge in [-0.3, -0.25) is 9.59 Å². The molecule has 0 aromatic carbocycles. The van der Waals surface area contributed by atoms with Crippen molar-refractivity contribution >= 4 is 11.8 Å². The van der Waals surface area contributed by atoms with Crippen LogP contribution >= 0.6 is 0 Å². The number of aliphatic hydroxyl groups excluding tert-OH is 1. The summed E-state index contributed by atoms with van der Waals surface area (Å²) in [5.41, 5.74) is -0.213. The van der Waals surface area contributed by atoms with Gasteiger partial charge in [-0.1, -0.05) is 18.8 Å². The molecule has 0 radical (unpaired) electrons. The Morgan fingerprint density at radius 2 is 2.03 bits per heavy atom. The van der Waals surface area contributed by atoms with Gasteiger partial charge in [-0.15, -0.1) is 0 Å². The normalized spacial score (nSPS) is 24.7. The molecule has 1 aliphatic carbocycles. The van der Waals surface area contributed by atoms with Crippen LogP contribution in [0.3, 0.4) is 0 Å². The van der Waals surface area contributed by atoms with Crippen LogP contribution in [-0.4, -0.2) is 94.5 Å². The Morgan fingerprint density at radius 3 is 2.70 bits per heavy atom. The predicted octanol–water partition coefficient (Wildman–Crippen LogP) is 1.84. The van der Waals surface area contributed by atoms with E-state index >= 15 is 0 Å². The van der Waals surface area contributed by atoms with Crippen molar-refractivity contribution < 1.29 is 29.3 Å². The molecular formula is C28H39N3O6. The molecule has 2 fully saturated rings. The number of hydrogen-bond donors (Lipinski definition) is 2. The van der Waals surface area contributed by atoms with E-state index in [4.69, 9.17) is 9.47 Å². The average molecular weight is 514 g/mol. The Balaban J connectivity index is 1.61. The second-order valence-electron chi connectivity index (χ2n) is 10.8. The molecule has 1 aromatic heterocycles. The minimum Gasteiger partial charge on any atom is -0.472 e. The number of fused-ring (bicyclic) bond motifs is 1. The second kappa shape index (κ2) is 11.8. The molecule has 9 heteroatoms. The molecule has 2 amide bonds. The smallest absolute Gasteiger partial charge is 0.259 e. The highest BCUT2D eigenvalue weighted by molar-refractivity contribution is 5.97. The number of aromatic nitrogens is 1. The molecule has 1 saturated carbocycles. The Hall–Kier alpha value is -2.67. The minimum atomic E-state index is -0.996. The maximum atomic E-state index is 13.6. The number of pyridine rings is 1. The lowest BCUT2D eigenvalue weighted by molar-refractivity contribution is -0.138. The number of carbonyl (C=O) groups excluding carboxylic acids is 2. The molecule has 3 atom stereocenters. The van der Waals surface area contributed by atoms with E-state index in [0.29, 0.717) is 57.6 Å². The number of amides is 2. The number of nitrogens with zero attached hydrogens (tertiary/aromatic N) is 3. The standard InChI is InChI=1S/C28H39N3O6/c1-19-16-31(20(2)18-32)27(34)23-14-21(6-11-28(35)9-4-5-10-28)15-29-25(23)37-24(19)17-30(3)26(33)22-7-12-36-13-8-22/h14-15,19-20,22,24,32,35H,4-5,7-10,12-13,16-18H2,1-3H3/t19-,20-,24+/m0/s1. The highest BCUT2D eigenvalue weighted by atomic mass is 16.5. The van der Waals surface area contributed by atoms with Crippen LogP contribution in [-0.2, 0) is 9.53 Å². The summed E-state index contributed by atoms with van der Waals surface area (Å²) in [7, 11) is 1.78. The third-order valence-electron chi connectivity index (χ3n) is 7.79. The van der Waals surface area contributed by atoms with Gasteiger partial charge in [0, 0.05) is 50.4 Å². The summed E-state index contributed by atoms with van der Waals surface area (Å²) < 4.78 is 11.7. The lowest BCUT2D eigenvalue weighted by Crippen LogP contribution is -2.51. The first-order valence-electron chi connectivity index (χ1n) is 13.4. The quantitative estimate of drug-likeness (QED) is 0.578. The molecule has 0 spiro atoms. The maximum absolute atomic E-state index is 13.6. The van der Waals surface area contributed by atoms with E-state index in [1.54, 1.807) is 36.0 Å². The fourth-order valence-corrected chi connectivity index (χ4v) is 5.28. The van der Waals surface area contributed by atoms with Crippen molar-refractivity contribution in [2.24, 2.45) is 11.8 Å². The van der Waals surface area contributed by atoms with Crippen molar-refractivity contribution in [1.82, 2.24) is 14.8 Å². The van der Waals surface area contributed by atoms with Crippen molar-refractivity contribution in [1.29, 1.82) is 0 Å². The van der Waals surface area contributed by atoms with E-state index < -0.39 is 17.7 Å². The molecule has 0 bridgehead atoms. The number of likely N-dealkylation sites (N-methyl/N-ethyl adjacent to an activating group) is 1. The molecule has 202 valence electrons. The Morgan fingerprint density at radius 1 is 1.32 bits per heavy atom.